The van der Waals surface area contributed by atoms with Crippen molar-refractivity contribution in [2.75, 3.05) is 6.54 Å². The average molecular weight is 464 g/mol. The molecule has 3 heteroatoms. The molecule has 3 nitrogen and oxygen atoms in total. The number of hydrogen-bond acceptors (Lipinski definition) is 3. The Hall–Kier alpha value is -0.120. The molecule has 0 bridgehead atoms. The lowest BCUT2D eigenvalue weighted by atomic mass is 9.40. The van der Waals surface area contributed by atoms with Crippen molar-refractivity contribution in [3.8, 4) is 0 Å². The zero-order chi connectivity index (χ0) is 24.6. The van der Waals surface area contributed by atoms with E-state index in [2.05, 4.69) is 34.6 Å². The molecule has 0 aromatic carbocycles. The summed E-state index contributed by atoms with van der Waals surface area (Å²) in [7, 11) is 0. The Morgan fingerprint density at radius 1 is 0.909 bits per heavy atom. The van der Waals surface area contributed by atoms with Crippen molar-refractivity contribution in [2.45, 2.75) is 131 Å². The molecular weight excluding hydrogens is 406 g/mol. The molecule has 11 atom stereocenters. The normalized spacial score (nSPS) is 48.5. The Bertz CT molecular complexity index is 639. The maximum atomic E-state index is 11.3. The van der Waals surface area contributed by atoms with Gasteiger partial charge in [0.1, 0.15) is 0 Å². The third-order valence-electron chi connectivity index (χ3n) is 11.8. The zero-order valence-corrected chi connectivity index (χ0v) is 23.1. The summed E-state index contributed by atoms with van der Waals surface area (Å²) in [6.45, 7) is 17.1. The van der Waals surface area contributed by atoms with E-state index < -0.39 is 0 Å². The van der Waals surface area contributed by atoms with Gasteiger partial charge in [-0.25, -0.2) is 0 Å². The molecule has 0 saturated heterocycles. The molecule has 4 rings (SSSR count). The van der Waals surface area contributed by atoms with Crippen LogP contribution in [-0.2, 0) is 0 Å². The van der Waals surface area contributed by atoms with Crippen molar-refractivity contribution in [2.24, 2.45) is 57.5 Å². The minimum atomic E-state index is -0.120. The topological polar surface area (TPSA) is 66.5 Å². The van der Waals surface area contributed by atoms with Crippen LogP contribution in [0.1, 0.15) is 119 Å². The highest BCUT2D eigenvalue weighted by molar-refractivity contribution is 5.14. The minimum absolute atomic E-state index is 0.0935. The van der Waals surface area contributed by atoms with Crippen molar-refractivity contribution in [1.29, 1.82) is 0 Å². The largest absolute Gasteiger partial charge is 0.393 e. The van der Waals surface area contributed by atoms with Gasteiger partial charge in [0.2, 0.25) is 0 Å². The van der Waals surface area contributed by atoms with E-state index in [0.29, 0.717) is 39.9 Å². The summed E-state index contributed by atoms with van der Waals surface area (Å²) in [5.74, 6) is 3.91. The molecule has 4 aliphatic carbocycles. The summed E-state index contributed by atoms with van der Waals surface area (Å²) in [5.41, 5.74) is 6.79. The van der Waals surface area contributed by atoms with Crippen LogP contribution in [0.2, 0.25) is 0 Å². The maximum Gasteiger partial charge on any atom is 0.0579 e. The lowest BCUT2D eigenvalue weighted by Gasteiger charge is -2.65. The standard InChI is InChI=1S/C28H51NO2.C2H6/c1-18(17-29)7-6-8-19(2)25-24(31)15-23-21-10-12-26(3)16-20(30)9-14-28(26,5)22(21)11-13-27(23,25)4;1-2/h18-25,30-31H,6-17,29H2,1-5H3;1-2H3/t18?,19-,20?,21?,22+,23?,24?,25?,26?,27?,28?;/m1./s1. The predicted octanol–water partition coefficient (Wildman–Crippen LogP) is 6.79. The van der Waals surface area contributed by atoms with E-state index in [1.54, 1.807) is 0 Å². The Kier molecular flexibility index (Phi) is 8.72. The Balaban J connectivity index is 0.00000149. The first-order valence-electron chi connectivity index (χ1n) is 14.6. The van der Waals surface area contributed by atoms with Gasteiger partial charge in [-0.05, 0) is 116 Å². The fraction of sp³-hybridized carbons (Fsp3) is 1.00. The lowest BCUT2D eigenvalue weighted by molar-refractivity contribution is -0.171. The van der Waals surface area contributed by atoms with Crippen LogP contribution in [0, 0.1) is 51.8 Å². The van der Waals surface area contributed by atoms with Gasteiger partial charge in [0.05, 0.1) is 12.2 Å². The van der Waals surface area contributed by atoms with Gasteiger partial charge in [-0.15, -0.1) is 0 Å². The first-order valence-corrected chi connectivity index (χ1v) is 14.6. The Morgan fingerprint density at radius 3 is 2.27 bits per heavy atom. The first-order chi connectivity index (χ1) is 15.6. The summed E-state index contributed by atoms with van der Waals surface area (Å²) >= 11 is 0. The fourth-order valence-corrected chi connectivity index (χ4v) is 9.78. The van der Waals surface area contributed by atoms with E-state index in [1.165, 1.54) is 51.4 Å². The summed E-state index contributed by atoms with van der Waals surface area (Å²) in [5, 5.41) is 21.8. The molecule has 0 aliphatic heterocycles. The number of aliphatic hydroxyl groups excluding tert-OH is 2. The highest BCUT2D eigenvalue weighted by atomic mass is 16.3. The first kappa shape index (κ1) is 27.5. The molecule has 0 heterocycles. The second-order valence-electron chi connectivity index (χ2n) is 13.4. The molecule has 4 saturated carbocycles. The van der Waals surface area contributed by atoms with Gasteiger partial charge in [0.25, 0.3) is 0 Å². The number of fused-ring (bicyclic) bond motifs is 5. The summed E-state index contributed by atoms with van der Waals surface area (Å²) in [6.07, 6.45) is 12.9. The van der Waals surface area contributed by atoms with E-state index in [0.717, 1.165) is 37.6 Å². The van der Waals surface area contributed by atoms with Gasteiger partial charge >= 0.3 is 0 Å². The molecule has 0 spiro atoms. The van der Waals surface area contributed by atoms with Crippen molar-refractivity contribution in [3.63, 3.8) is 0 Å². The van der Waals surface area contributed by atoms with Crippen LogP contribution in [0.5, 0.6) is 0 Å². The van der Waals surface area contributed by atoms with E-state index in [-0.39, 0.29) is 12.2 Å². The van der Waals surface area contributed by atoms with Crippen molar-refractivity contribution < 1.29 is 10.2 Å². The molecule has 4 aliphatic rings. The van der Waals surface area contributed by atoms with Crippen molar-refractivity contribution >= 4 is 0 Å². The highest BCUT2D eigenvalue weighted by Crippen LogP contribution is 2.71. The fourth-order valence-electron chi connectivity index (χ4n) is 9.78. The van der Waals surface area contributed by atoms with Gasteiger partial charge in [-0.2, -0.15) is 0 Å². The highest BCUT2D eigenvalue weighted by Gasteiger charge is 2.65. The molecule has 0 aromatic rings. The van der Waals surface area contributed by atoms with Gasteiger partial charge in [0.15, 0.2) is 0 Å². The maximum absolute atomic E-state index is 11.3. The molecule has 33 heavy (non-hydrogen) atoms. The molecule has 9 unspecified atom stereocenters. The van der Waals surface area contributed by atoms with Crippen LogP contribution in [0.25, 0.3) is 0 Å². The Labute approximate surface area is 205 Å². The quantitative estimate of drug-likeness (QED) is 0.406. The SMILES string of the molecule is CC.CC(CN)CCC[C@@H](C)C1C(O)CC2C3CCC4(C)CC(O)CCC4(C)[C@H]3CCC21C. The molecule has 4 N–H and O–H groups in total. The predicted molar refractivity (Wildman–Crippen MR) is 140 cm³/mol. The Morgan fingerprint density at radius 2 is 1.61 bits per heavy atom. The second kappa shape index (κ2) is 10.5. The molecule has 4 fully saturated rings. The smallest absolute Gasteiger partial charge is 0.0579 e. The minimum Gasteiger partial charge on any atom is -0.393 e. The molecule has 0 aromatic heterocycles. The number of rotatable bonds is 6. The van der Waals surface area contributed by atoms with Gasteiger partial charge < -0.3 is 15.9 Å². The van der Waals surface area contributed by atoms with Crippen molar-refractivity contribution in [3.05, 3.63) is 0 Å². The number of aliphatic hydroxyl groups is 2. The van der Waals surface area contributed by atoms with Gasteiger partial charge in [0, 0.05) is 0 Å². The van der Waals surface area contributed by atoms with Crippen LogP contribution in [0.3, 0.4) is 0 Å². The average Bonchev–Trinajstić information content (AvgIpc) is 3.05. The van der Waals surface area contributed by atoms with Crippen LogP contribution in [-0.4, -0.2) is 29.0 Å². The monoisotopic (exact) mass is 463 g/mol. The summed E-state index contributed by atoms with van der Waals surface area (Å²) in [6, 6.07) is 0. The molecule has 0 amide bonds. The third kappa shape index (κ3) is 4.69. The zero-order valence-electron chi connectivity index (χ0n) is 23.1. The summed E-state index contributed by atoms with van der Waals surface area (Å²) < 4.78 is 0. The summed E-state index contributed by atoms with van der Waals surface area (Å²) in [4.78, 5) is 0. The van der Waals surface area contributed by atoms with Crippen LogP contribution < -0.4 is 5.73 Å². The molecule has 0 radical (unpaired) electrons. The van der Waals surface area contributed by atoms with Crippen LogP contribution >= 0.6 is 0 Å². The number of hydrogen-bond donors (Lipinski definition) is 3. The molecule has 194 valence electrons. The van der Waals surface area contributed by atoms with Crippen molar-refractivity contribution in [1.82, 2.24) is 0 Å². The molecular formula is C30H57NO2. The van der Waals surface area contributed by atoms with E-state index >= 15 is 0 Å². The van der Waals surface area contributed by atoms with Crippen LogP contribution in [0.15, 0.2) is 0 Å². The second-order valence-corrected chi connectivity index (χ2v) is 13.4. The third-order valence-corrected chi connectivity index (χ3v) is 11.8. The number of nitrogens with two attached hydrogens (primary N) is 1. The lowest BCUT2D eigenvalue weighted by Crippen LogP contribution is -2.58. The van der Waals surface area contributed by atoms with E-state index in [1.807, 2.05) is 13.8 Å². The van der Waals surface area contributed by atoms with Gasteiger partial charge in [-0.1, -0.05) is 61.3 Å². The van der Waals surface area contributed by atoms with Gasteiger partial charge in [-0.3, -0.25) is 0 Å². The van der Waals surface area contributed by atoms with E-state index in [4.69, 9.17) is 5.73 Å². The van der Waals surface area contributed by atoms with Crippen LogP contribution in [0.4, 0.5) is 0 Å². The van der Waals surface area contributed by atoms with E-state index in [9.17, 15) is 10.2 Å².